The van der Waals surface area contributed by atoms with Gasteiger partial charge >= 0.3 is 0 Å². The number of carbonyl (C=O) groups is 1. The zero-order valence-corrected chi connectivity index (χ0v) is 21.5. The molecule has 0 aromatic heterocycles. The molecule has 0 bridgehead atoms. The molecular formula is C28H38N2O3. The van der Waals surface area contributed by atoms with Crippen molar-refractivity contribution in [2.24, 2.45) is 0 Å². The first-order valence-electron chi connectivity index (χ1n) is 11.3. The molecule has 0 saturated heterocycles. The van der Waals surface area contributed by atoms with E-state index in [0.717, 1.165) is 51.5 Å². The fraction of sp³-hybridized carbons (Fsp3) is 0.393. The van der Waals surface area contributed by atoms with E-state index in [1.54, 1.807) is 14.2 Å². The molecule has 178 valence electrons. The Kier molecular flexibility index (Phi) is 9.15. The molecule has 0 saturated carbocycles. The third-order valence-electron chi connectivity index (χ3n) is 5.47. The van der Waals surface area contributed by atoms with E-state index in [0.29, 0.717) is 5.57 Å². The Morgan fingerprint density at radius 2 is 1.58 bits per heavy atom. The van der Waals surface area contributed by atoms with Crippen LogP contribution in [0, 0.1) is 13.8 Å². The van der Waals surface area contributed by atoms with E-state index >= 15 is 0 Å². The van der Waals surface area contributed by atoms with E-state index < -0.39 is 0 Å². The van der Waals surface area contributed by atoms with E-state index in [9.17, 15) is 4.79 Å². The van der Waals surface area contributed by atoms with E-state index in [4.69, 9.17) is 9.47 Å². The summed E-state index contributed by atoms with van der Waals surface area (Å²) in [6.07, 6.45) is 4.03. The SMILES string of the molecule is COc1c(C)c(-c2ccc(NCC=C(C)C)cc2)c(OC)c(C)c1C=C(C)C(=O)NC(C)C. The molecule has 0 fully saturated rings. The van der Waals surface area contributed by atoms with Crippen LogP contribution in [-0.2, 0) is 4.79 Å². The van der Waals surface area contributed by atoms with Crippen molar-refractivity contribution in [1.29, 1.82) is 0 Å². The highest BCUT2D eigenvalue weighted by Gasteiger charge is 2.22. The normalized spacial score (nSPS) is 11.3. The van der Waals surface area contributed by atoms with Crippen LogP contribution >= 0.6 is 0 Å². The van der Waals surface area contributed by atoms with E-state index in [1.165, 1.54) is 5.57 Å². The summed E-state index contributed by atoms with van der Waals surface area (Å²) in [6.45, 7) is 14.7. The summed E-state index contributed by atoms with van der Waals surface area (Å²) < 4.78 is 11.7. The number of hydrogen-bond donors (Lipinski definition) is 2. The smallest absolute Gasteiger partial charge is 0.247 e. The Morgan fingerprint density at radius 1 is 0.970 bits per heavy atom. The lowest BCUT2D eigenvalue weighted by atomic mass is 9.91. The van der Waals surface area contributed by atoms with Gasteiger partial charge in [0.15, 0.2) is 0 Å². The minimum Gasteiger partial charge on any atom is -0.496 e. The summed E-state index contributed by atoms with van der Waals surface area (Å²) in [6, 6.07) is 8.39. The summed E-state index contributed by atoms with van der Waals surface area (Å²) in [5.74, 6) is 1.43. The molecule has 1 amide bonds. The maximum atomic E-state index is 12.5. The lowest BCUT2D eigenvalue weighted by molar-refractivity contribution is -0.117. The number of ether oxygens (including phenoxy) is 2. The first-order chi connectivity index (χ1) is 15.6. The van der Waals surface area contributed by atoms with Gasteiger partial charge < -0.3 is 20.1 Å². The number of carbonyl (C=O) groups excluding carboxylic acids is 1. The Morgan fingerprint density at radius 3 is 2.09 bits per heavy atom. The lowest BCUT2D eigenvalue weighted by Crippen LogP contribution is -2.30. The summed E-state index contributed by atoms with van der Waals surface area (Å²) in [5, 5.41) is 6.35. The second-order valence-corrected chi connectivity index (χ2v) is 8.80. The van der Waals surface area contributed by atoms with Crippen LogP contribution in [0.2, 0.25) is 0 Å². The number of rotatable bonds is 9. The van der Waals surface area contributed by atoms with Crippen molar-refractivity contribution < 1.29 is 14.3 Å². The highest BCUT2D eigenvalue weighted by molar-refractivity contribution is 5.98. The number of anilines is 1. The molecule has 2 rings (SSSR count). The van der Waals surface area contributed by atoms with Crippen molar-refractivity contribution in [3.63, 3.8) is 0 Å². The van der Waals surface area contributed by atoms with Gasteiger partial charge in [0.1, 0.15) is 11.5 Å². The molecule has 5 heteroatoms. The molecule has 0 spiro atoms. The average molecular weight is 451 g/mol. The molecule has 2 aromatic carbocycles. The topological polar surface area (TPSA) is 59.6 Å². The number of benzene rings is 2. The predicted molar refractivity (Wildman–Crippen MR) is 139 cm³/mol. The molecule has 0 radical (unpaired) electrons. The monoisotopic (exact) mass is 450 g/mol. The van der Waals surface area contributed by atoms with Crippen molar-refractivity contribution >= 4 is 17.7 Å². The van der Waals surface area contributed by atoms with Crippen molar-refractivity contribution in [2.75, 3.05) is 26.1 Å². The molecule has 33 heavy (non-hydrogen) atoms. The summed E-state index contributed by atoms with van der Waals surface area (Å²) in [5.41, 5.74) is 7.74. The Bertz CT molecular complexity index is 1040. The molecule has 2 aromatic rings. The van der Waals surface area contributed by atoms with Crippen molar-refractivity contribution in [3.05, 3.63) is 58.2 Å². The van der Waals surface area contributed by atoms with Gasteiger partial charge in [0, 0.05) is 46.1 Å². The average Bonchev–Trinajstić information content (AvgIpc) is 2.75. The van der Waals surface area contributed by atoms with Gasteiger partial charge in [0.25, 0.3) is 0 Å². The van der Waals surface area contributed by atoms with Crippen LogP contribution in [0.25, 0.3) is 17.2 Å². The van der Waals surface area contributed by atoms with Gasteiger partial charge in [-0.25, -0.2) is 0 Å². The molecule has 0 heterocycles. The van der Waals surface area contributed by atoms with Gasteiger partial charge in [-0.3, -0.25) is 4.79 Å². The first-order valence-corrected chi connectivity index (χ1v) is 11.3. The van der Waals surface area contributed by atoms with Crippen molar-refractivity contribution in [1.82, 2.24) is 5.32 Å². The third-order valence-corrected chi connectivity index (χ3v) is 5.47. The molecular weight excluding hydrogens is 412 g/mol. The van der Waals surface area contributed by atoms with E-state index in [1.807, 2.05) is 40.7 Å². The highest BCUT2D eigenvalue weighted by Crippen LogP contribution is 2.44. The van der Waals surface area contributed by atoms with Crippen LogP contribution in [0.15, 0.2) is 41.5 Å². The number of nitrogens with one attached hydrogen (secondary N) is 2. The summed E-state index contributed by atoms with van der Waals surface area (Å²) in [4.78, 5) is 12.5. The van der Waals surface area contributed by atoms with Gasteiger partial charge in [0.05, 0.1) is 14.2 Å². The fourth-order valence-corrected chi connectivity index (χ4v) is 3.79. The largest absolute Gasteiger partial charge is 0.496 e. The first kappa shape index (κ1) is 26.0. The second kappa shape index (κ2) is 11.6. The minimum absolute atomic E-state index is 0.0713. The van der Waals surface area contributed by atoms with E-state index in [2.05, 4.69) is 54.8 Å². The molecule has 0 aliphatic carbocycles. The molecule has 2 N–H and O–H groups in total. The van der Waals surface area contributed by atoms with Gasteiger partial charge in [0.2, 0.25) is 5.91 Å². The van der Waals surface area contributed by atoms with Gasteiger partial charge in [-0.15, -0.1) is 0 Å². The molecule has 0 aliphatic heterocycles. The number of methoxy groups -OCH3 is 2. The van der Waals surface area contributed by atoms with Crippen LogP contribution in [-0.4, -0.2) is 32.7 Å². The zero-order valence-electron chi connectivity index (χ0n) is 21.5. The maximum Gasteiger partial charge on any atom is 0.247 e. The van der Waals surface area contributed by atoms with Crippen molar-refractivity contribution in [3.8, 4) is 22.6 Å². The number of hydrogen-bond acceptors (Lipinski definition) is 4. The second-order valence-electron chi connectivity index (χ2n) is 8.80. The van der Waals surface area contributed by atoms with Gasteiger partial charge in [-0.05, 0) is 72.2 Å². The molecule has 5 nitrogen and oxygen atoms in total. The van der Waals surface area contributed by atoms with Crippen LogP contribution in [0.3, 0.4) is 0 Å². The van der Waals surface area contributed by atoms with Crippen LogP contribution < -0.4 is 20.1 Å². The minimum atomic E-state index is -0.0941. The summed E-state index contributed by atoms with van der Waals surface area (Å²) >= 11 is 0. The highest BCUT2D eigenvalue weighted by atomic mass is 16.5. The Balaban J connectivity index is 2.55. The van der Waals surface area contributed by atoms with Crippen molar-refractivity contribution in [2.45, 2.75) is 54.5 Å². The Labute approximate surface area is 198 Å². The standard InChI is InChI=1S/C28H38N2O3/c1-17(2)14-15-29-23-12-10-22(11-13-23)25-21(7)26(32-8)24(20(6)27(25)33-9)16-19(5)28(31)30-18(3)4/h10-14,16,18,29H,15H2,1-9H3,(H,30,31). The van der Waals surface area contributed by atoms with Crippen LogP contribution in [0.1, 0.15) is 51.3 Å². The molecule has 0 atom stereocenters. The van der Waals surface area contributed by atoms with Gasteiger partial charge in [-0.2, -0.15) is 0 Å². The lowest BCUT2D eigenvalue weighted by Gasteiger charge is -2.21. The van der Waals surface area contributed by atoms with Gasteiger partial charge in [-0.1, -0.05) is 23.8 Å². The number of allylic oxidation sites excluding steroid dienone is 1. The van der Waals surface area contributed by atoms with Crippen LogP contribution in [0.4, 0.5) is 5.69 Å². The maximum absolute atomic E-state index is 12.5. The predicted octanol–water partition coefficient (Wildman–Crippen LogP) is 6.29. The molecule has 0 aliphatic rings. The number of amides is 1. The third kappa shape index (κ3) is 6.41. The zero-order chi connectivity index (χ0) is 24.7. The fourth-order valence-electron chi connectivity index (χ4n) is 3.79. The van der Waals surface area contributed by atoms with Crippen LogP contribution in [0.5, 0.6) is 11.5 Å². The quantitative estimate of drug-likeness (QED) is 0.348. The Hall–Kier alpha value is -3.21. The summed E-state index contributed by atoms with van der Waals surface area (Å²) in [7, 11) is 3.34. The van der Waals surface area contributed by atoms with E-state index in [-0.39, 0.29) is 11.9 Å². The molecule has 0 unspecified atom stereocenters.